The van der Waals surface area contributed by atoms with Crippen molar-refractivity contribution in [3.63, 3.8) is 0 Å². The topological polar surface area (TPSA) is 49.8 Å². The number of benzene rings is 1. The highest BCUT2D eigenvalue weighted by Crippen LogP contribution is 2.32. The van der Waals surface area contributed by atoms with E-state index in [-0.39, 0.29) is 12.5 Å². The van der Waals surface area contributed by atoms with Gasteiger partial charge >= 0.3 is 0 Å². The van der Waals surface area contributed by atoms with Gasteiger partial charge in [-0.3, -0.25) is 4.79 Å². The number of ether oxygens (including phenoxy) is 1. The van der Waals surface area contributed by atoms with Crippen LogP contribution in [0.4, 0.5) is 5.69 Å². The maximum Gasteiger partial charge on any atom is 0.258 e. The van der Waals surface area contributed by atoms with E-state index in [1.54, 1.807) is 4.90 Å². The lowest BCUT2D eigenvalue weighted by molar-refractivity contribution is -0.136. The molecule has 0 radical (unpaired) electrons. The van der Waals surface area contributed by atoms with Crippen molar-refractivity contribution in [2.75, 3.05) is 24.7 Å². The third-order valence-corrected chi connectivity index (χ3v) is 3.30. The van der Waals surface area contributed by atoms with Crippen LogP contribution in [0.25, 0.3) is 0 Å². The summed E-state index contributed by atoms with van der Waals surface area (Å²) in [7, 11) is 0. The summed E-state index contributed by atoms with van der Waals surface area (Å²) >= 11 is 6.23. The number of aliphatic hydroxyl groups excluding tert-OH is 1. The molecule has 1 aromatic carbocycles. The van der Waals surface area contributed by atoms with Crippen molar-refractivity contribution in [1.82, 2.24) is 0 Å². The Labute approximate surface area is 111 Å². The summed E-state index contributed by atoms with van der Waals surface area (Å²) < 4.78 is 5.21. The highest BCUT2D eigenvalue weighted by molar-refractivity contribution is 6.34. The lowest BCUT2D eigenvalue weighted by atomic mass is 10.1. The average Bonchev–Trinajstić information content (AvgIpc) is 2.30. The molecule has 0 aliphatic carbocycles. The Hall–Kier alpha value is -1.10. The van der Waals surface area contributed by atoms with Crippen LogP contribution in [-0.2, 0) is 9.53 Å². The van der Waals surface area contributed by atoms with Crippen molar-refractivity contribution >= 4 is 23.2 Å². The van der Waals surface area contributed by atoms with E-state index in [9.17, 15) is 4.79 Å². The molecule has 1 aliphatic rings. The molecule has 1 N–H and O–H groups in total. The number of anilines is 1. The van der Waals surface area contributed by atoms with Gasteiger partial charge in [-0.15, -0.1) is 0 Å². The van der Waals surface area contributed by atoms with Crippen LogP contribution in [0.3, 0.4) is 0 Å². The van der Waals surface area contributed by atoms with Gasteiger partial charge in [0.25, 0.3) is 5.91 Å². The van der Waals surface area contributed by atoms with E-state index in [0.29, 0.717) is 23.9 Å². The number of hydrogen-bond acceptors (Lipinski definition) is 3. The van der Waals surface area contributed by atoms with Gasteiger partial charge in [-0.2, -0.15) is 0 Å². The summed E-state index contributed by atoms with van der Waals surface area (Å²) in [6.45, 7) is 4.43. The van der Waals surface area contributed by atoms with Crippen LogP contribution in [0, 0.1) is 13.8 Å². The predicted molar refractivity (Wildman–Crippen MR) is 70.1 cm³/mol. The minimum Gasteiger partial charge on any atom is -0.393 e. The Morgan fingerprint density at radius 1 is 1.50 bits per heavy atom. The van der Waals surface area contributed by atoms with Crippen molar-refractivity contribution in [2.45, 2.75) is 20.0 Å². The second kappa shape index (κ2) is 5.26. The summed E-state index contributed by atoms with van der Waals surface area (Å²) in [6.07, 6.45) is -0.782. The first-order valence-electron chi connectivity index (χ1n) is 5.85. The second-order valence-electron chi connectivity index (χ2n) is 4.44. The lowest BCUT2D eigenvalue weighted by Gasteiger charge is -2.33. The number of amides is 1. The second-order valence-corrected chi connectivity index (χ2v) is 4.85. The fraction of sp³-hybridized carbons (Fsp3) is 0.462. The van der Waals surface area contributed by atoms with Gasteiger partial charge in [0.2, 0.25) is 0 Å². The zero-order chi connectivity index (χ0) is 13.3. The van der Waals surface area contributed by atoms with Gasteiger partial charge in [0, 0.05) is 6.54 Å². The summed E-state index contributed by atoms with van der Waals surface area (Å²) in [5, 5.41) is 9.66. The van der Waals surface area contributed by atoms with E-state index in [1.165, 1.54) is 0 Å². The van der Waals surface area contributed by atoms with E-state index < -0.39 is 6.10 Å². The number of hydrogen-bond donors (Lipinski definition) is 1. The minimum absolute atomic E-state index is 0.238. The quantitative estimate of drug-likeness (QED) is 0.889. The molecular formula is C13H16ClNO3. The first-order chi connectivity index (χ1) is 8.54. The SMILES string of the molecule is Cc1cc(C)c(N2CCOC(CO)C2=O)c(Cl)c1. The van der Waals surface area contributed by atoms with E-state index in [4.69, 9.17) is 21.4 Å². The number of nitrogens with zero attached hydrogens (tertiary/aromatic N) is 1. The smallest absolute Gasteiger partial charge is 0.258 e. The number of aliphatic hydroxyl groups is 1. The molecule has 0 spiro atoms. The van der Waals surface area contributed by atoms with Gasteiger partial charge in [0.05, 0.1) is 23.9 Å². The maximum absolute atomic E-state index is 12.1. The molecule has 98 valence electrons. The molecule has 5 heteroatoms. The largest absolute Gasteiger partial charge is 0.393 e. The summed E-state index contributed by atoms with van der Waals surface area (Å²) in [4.78, 5) is 13.7. The van der Waals surface area contributed by atoms with E-state index in [1.807, 2.05) is 26.0 Å². The number of halogens is 1. The van der Waals surface area contributed by atoms with Crippen LogP contribution >= 0.6 is 11.6 Å². The first kappa shape index (κ1) is 13.3. The van der Waals surface area contributed by atoms with Crippen LogP contribution in [0.2, 0.25) is 5.02 Å². The van der Waals surface area contributed by atoms with Crippen LogP contribution in [0.5, 0.6) is 0 Å². The van der Waals surface area contributed by atoms with Crippen LogP contribution in [-0.4, -0.2) is 36.9 Å². The molecule has 1 atom stereocenters. The molecule has 18 heavy (non-hydrogen) atoms. The van der Waals surface area contributed by atoms with E-state index in [2.05, 4.69) is 0 Å². The van der Waals surface area contributed by atoms with Crippen LogP contribution in [0.15, 0.2) is 12.1 Å². The molecule has 1 heterocycles. The van der Waals surface area contributed by atoms with Gasteiger partial charge < -0.3 is 14.7 Å². The molecule has 1 aromatic rings. The normalized spacial score (nSPS) is 20.3. The maximum atomic E-state index is 12.1. The lowest BCUT2D eigenvalue weighted by Crippen LogP contribution is -2.49. The number of rotatable bonds is 2. The Morgan fingerprint density at radius 2 is 2.22 bits per heavy atom. The van der Waals surface area contributed by atoms with Crippen molar-refractivity contribution in [1.29, 1.82) is 0 Å². The third-order valence-electron chi connectivity index (χ3n) is 3.01. The highest BCUT2D eigenvalue weighted by Gasteiger charge is 2.31. The molecular weight excluding hydrogens is 254 g/mol. The highest BCUT2D eigenvalue weighted by atomic mass is 35.5. The minimum atomic E-state index is -0.782. The van der Waals surface area contributed by atoms with Gasteiger partial charge in [-0.05, 0) is 31.0 Å². The Morgan fingerprint density at radius 3 is 2.83 bits per heavy atom. The average molecular weight is 270 g/mol. The summed E-state index contributed by atoms with van der Waals surface area (Å²) in [5.41, 5.74) is 2.72. The van der Waals surface area contributed by atoms with Crippen molar-refractivity contribution < 1.29 is 14.6 Å². The fourth-order valence-electron chi connectivity index (χ4n) is 2.24. The standard InChI is InChI=1S/C13H16ClNO3/c1-8-5-9(2)12(10(14)6-8)15-3-4-18-11(7-16)13(15)17/h5-6,11,16H,3-4,7H2,1-2H3. The van der Waals surface area contributed by atoms with Crippen molar-refractivity contribution in [3.05, 3.63) is 28.3 Å². The first-order valence-corrected chi connectivity index (χ1v) is 6.23. The monoisotopic (exact) mass is 269 g/mol. The summed E-state index contributed by atoms with van der Waals surface area (Å²) in [6, 6.07) is 3.82. The molecule has 2 rings (SSSR count). The Balaban J connectivity index is 2.39. The Kier molecular flexibility index (Phi) is 3.90. The zero-order valence-corrected chi connectivity index (χ0v) is 11.2. The number of aryl methyl sites for hydroxylation is 2. The van der Waals surface area contributed by atoms with Crippen LogP contribution < -0.4 is 4.90 Å². The predicted octanol–water partition coefficient (Wildman–Crippen LogP) is 1.68. The molecule has 4 nitrogen and oxygen atoms in total. The number of carbonyl (C=O) groups is 1. The van der Waals surface area contributed by atoms with Gasteiger partial charge in [-0.25, -0.2) is 0 Å². The third kappa shape index (κ3) is 2.36. The van der Waals surface area contributed by atoms with Gasteiger partial charge in [-0.1, -0.05) is 17.7 Å². The van der Waals surface area contributed by atoms with Gasteiger partial charge in [0.15, 0.2) is 6.10 Å². The number of carbonyl (C=O) groups excluding carboxylic acids is 1. The molecule has 0 aromatic heterocycles. The van der Waals surface area contributed by atoms with Crippen molar-refractivity contribution in [3.8, 4) is 0 Å². The zero-order valence-electron chi connectivity index (χ0n) is 10.4. The Bertz CT molecular complexity index is 452. The van der Waals surface area contributed by atoms with Gasteiger partial charge in [0.1, 0.15) is 0 Å². The van der Waals surface area contributed by atoms with E-state index >= 15 is 0 Å². The van der Waals surface area contributed by atoms with E-state index in [0.717, 1.165) is 11.1 Å². The molecule has 1 aliphatic heterocycles. The number of morpholine rings is 1. The molecule has 1 saturated heterocycles. The van der Waals surface area contributed by atoms with Crippen molar-refractivity contribution in [2.24, 2.45) is 0 Å². The molecule has 1 amide bonds. The molecule has 1 fully saturated rings. The molecule has 0 bridgehead atoms. The van der Waals surface area contributed by atoms with Crippen LogP contribution in [0.1, 0.15) is 11.1 Å². The molecule has 1 unspecified atom stereocenters. The molecule has 0 saturated carbocycles. The fourth-order valence-corrected chi connectivity index (χ4v) is 2.67. The summed E-state index contributed by atoms with van der Waals surface area (Å²) in [5.74, 6) is -0.238.